The summed E-state index contributed by atoms with van der Waals surface area (Å²) in [5.74, 6) is 1.38. The van der Waals surface area contributed by atoms with Crippen LogP contribution in [0, 0.1) is 12.8 Å². The van der Waals surface area contributed by atoms with Crippen LogP contribution in [0.15, 0.2) is 24.8 Å². The summed E-state index contributed by atoms with van der Waals surface area (Å²) in [5, 5.41) is 2.93. The molecule has 0 fully saturated rings. The predicted octanol–water partition coefficient (Wildman–Crippen LogP) is 0.974. The van der Waals surface area contributed by atoms with Crippen LogP contribution in [0.3, 0.4) is 0 Å². The molecule has 0 saturated heterocycles. The number of rotatable bonds is 3. The lowest BCUT2D eigenvalue weighted by Crippen LogP contribution is -2.33. The quantitative estimate of drug-likeness (QED) is 0.903. The maximum absolute atomic E-state index is 12.0. The highest BCUT2D eigenvalue weighted by Gasteiger charge is 2.20. The topological polar surface area (TPSA) is 72.7 Å². The van der Waals surface area contributed by atoms with Crippen molar-refractivity contribution in [3.63, 3.8) is 0 Å². The van der Waals surface area contributed by atoms with Gasteiger partial charge in [0.1, 0.15) is 11.5 Å². The maximum atomic E-state index is 12.0. The van der Waals surface area contributed by atoms with E-state index in [0.717, 1.165) is 30.9 Å². The molecule has 0 bridgehead atoms. The molecule has 6 heteroatoms. The first-order valence-electron chi connectivity index (χ1n) is 6.79. The molecule has 104 valence electrons. The second-order valence-electron chi connectivity index (χ2n) is 5.15. The summed E-state index contributed by atoms with van der Waals surface area (Å²) in [7, 11) is 0. The molecule has 0 spiro atoms. The zero-order chi connectivity index (χ0) is 13.9. The van der Waals surface area contributed by atoms with Crippen molar-refractivity contribution >= 4 is 5.91 Å². The zero-order valence-corrected chi connectivity index (χ0v) is 11.4. The predicted molar refractivity (Wildman–Crippen MR) is 73.1 cm³/mol. The van der Waals surface area contributed by atoms with E-state index in [1.165, 1.54) is 6.20 Å². The van der Waals surface area contributed by atoms with Crippen molar-refractivity contribution in [3.8, 4) is 0 Å². The van der Waals surface area contributed by atoms with Gasteiger partial charge in [0.15, 0.2) is 0 Å². The smallest absolute Gasteiger partial charge is 0.271 e. The van der Waals surface area contributed by atoms with E-state index in [-0.39, 0.29) is 5.91 Å². The van der Waals surface area contributed by atoms with Gasteiger partial charge in [0, 0.05) is 38.1 Å². The molecule has 0 aliphatic carbocycles. The number of nitrogens with zero attached hydrogens (tertiary/aromatic N) is 4. The Bertz CT molecular complexity index is 604. The molecule has 2 aromatic heterocycles. The van der Waals surface area contributed by atoms with Gasteiger partial charge >= 0.3 is 0 Å². The van der Waals surface area contributed by atoms with E-state index < -0.39 is 0 Å². The molecule has 1 N–H and O–H groups in total. The number of carbonyl (C=O) groups is 1. The minimum absolute atomic E-state index is 0.161. The van der Waals surface area contributed by atoms with E-state index >= 15 is 0 Å². The van der Waals surface area contributed by atoms with Crippen molar-refractivity contribution < 1.29 is 4.79 Å². The molecule has 1 unspecified atom stereocenters. The Morgan fingerprint density at radius 2 is 2.30 bits per heavy atom. The van der Waals surface area contributed by atoms with Gasteiger partial charge in [-0.25, -0.2) is 9.97 Å². The van der Waals surface area contributed by atoms with Gasteiger partial charge in [-0.05, 0) is 19.3 Å². The summed E-state index contributed by atoms with van der Waals surface area (Å²) >= 11 is 0. The Morgan fingerprint density at radius 3 is 3.10 bits per heavy atom. The Labute approximate surface area is 117 Å². The van der Waals surface area contributed by atoms with E-state index in [2.05, 4.69) is 24.8 Å². The van der Waals surface area contributed by atoms with Crippen LogP contribution in [-0.4, -0.2) is 32.0 Å². The Hall–Kier alpha value is -2.24. The number of nitrogens with one attached hydrogen (secondary N) is 1. The minimum Gasteiger partial charge on any atom is -0.350 e. The van der Waals surface area contributed by atoms with Crippen LogP contribution in [0.1, 0.15) is 28.4 Å². The van der Waals surface area contributed by atoms with Crippen molar-refractivity contribution in [1.29, 1.82) is 0 Å². The van der Waals surface area contributed by atoms with Crippen molar-refractivity contribution in [3.05, 3.63) is 42.0 Å². The second kappa shape index (κ2) is 5.40. The molecular formula is C14H17N5O. The number of aromatic nitrogens is 4. The van der Waals surface area contributed by atoms with Gasteiger partial charge in [-0.15, -0.1) is 0 Å². The van der Waals surface area contributed by atoms with Crippen LogP contribution in [0.5, 0.6) is 0 Å². The summed E-state index contributed by atoms with van der Waals surface area (Å²) in [6, 6.07) is 0. The van der Waals surface area contributed by atoms with E-state index in [9.17, 15) is 4.79 Å². The van der Waals surface area contributed by atoms with E-state index in [0.29, 0.717) is 18.2 Å². The average molecular weight is 271 g/mol. The average Bonchev–Trinajstić information content (AvgIpc) is 2.93. The molecule has 1 amide bonds. The van der Waals surface area contributed by atoms with Crippen LogP contribution < -0.4 is 5.32 Å². The van der Waals surface area contributed by atoms with E-state index in [1.807, 2.05) is 19.3 Å². The molecule has 2 aromatic rings. The largest absolute Gasteiger partial charge is 0.350 e. The van der Waals surface area contributed by atoms with Crippen molar-refractivity contribution in [1.82, 2.24) is 24.8 Å². The number of carbonyl (C=O) groups excluding carboxylic acids is 1. The van der Waals surface area contributed by atoms with E-state index in [4.69, 9.17) is 0 Å². The van der Waals surface area contributed by atoms with Crippen LogP contribution in [0.25, 0.3) is 0 Å². The lowest BCUT2D eigenvalue weighted by Gasteiger charge is -2.23. The highest BCUT2D eigenvalue weighted by Crippen LogP contribution is 2.18. The molecule has 1 aliphatic heterocycles. The van der Waals surface area contributed by atoms with Gasteiger partial charge in [-0.3, -0.25) is 9.78 Å². The zero-order valence-electron chi connectivity index (χ0n) is 11.4. The Morgan fingerprint density at radius 1 is 1.40 bits per heavy atom. The molecule has 20 heavy (non-hydrogen) atoms. The first kappa shape index (κ1) is 12.8. The molecule has 0 aromatic carbocycles. The van der Waals surface area contributed by atoms with Crippen molar-refractivity contribution in [2.24, 2.45) is 5.92 Å². The van der Waals surface area contributed by atoms with Gasteiger partial charge in [-0.1, -0.05) is 0 Å². The number of hydrogen-bond donors (Lipinski definition) is 1. The van der Waals surface area contributed by atoms with Crippen LogP contribution in [-0.2, 0) is 13.0 Å². The first-order valence-corrected chi connectivity index (χ1v) is 6.79. The summed E-state index contributed by atoms with van der Waals surface area (Å²) < 4.78 is 2.17. The van der Waals surface area contributed by atoms with Crippen molar-refractivity contribution in [2.45, 2.75) is 26.3 Å². The second-order valence-corrected chi connectivity index (χ2v) is 5.15. The standard InChI is InChI=1S/C14H17N5O/c1-10-7-17-12(9-16-10)14(20)18-8-11-2-4-19-5-3-15-13(19)6-11/h3,5,7,9,11H,2,4,6,8H2,1H3,(H,18,20). The van der Waals surface area contributed by atoms with Gasteiger partial charge < -0.3 is 9.88 Å². The molecule has 3 rings (SSSR count). The normalized spacial score (nSPS) is 17.6. The SMILES string of the molecule is Cc1cnc(C(=O)NCC2CCn3ccnc3C2)cn1. The first-order chi connectivity index (χ1) is 9.72. The molecule has 1 aliphatic rings. The van der Waals surface area contributed by atoms with Gasteiger partial charge in [0.05, 0.1) is 11.9 Å². The third-order valence-corrected chi connectivity index (χ3v) is 3.62. The molecular weight excluding hydrogens is 254 g/mol. The van der Waals surface area contributed by atoms with Crippen LogP contribution >= 0.6 is 0 Å². The fourth-order valence-corrected chi connectivity index (χ4v) is 2.43. The maximum Gasteiger partial charge on any atom is 0.271 e. The number of amides is 1. The highest BCUT2D eigenvalue weighted by molar-refractivity contribution is 5.91. The lowest BCUT2D eigenvalue weighted by molar-refractivity contribution is 0.0939. The Kier molecular flexibility index (Phi) is 3.45. The molecule has 1 atom stereocenters. The van der Waals surface area contributed by atoms with Gasteiger partial charge in [-0.2, -0.15) is 0 Å². The third-order valence-electron chi connectivity index (χ3n) is 3.62. The third kappa shape index (κ3) is 2.68. The fraction of sp³-hybridized carbons (Fsp3) is 0.429. The number of imidazole rings is 1. The van der Waals surface area contributed by atoms with Gasteiger partial charge in [0.2, 0.25) is 0 Å². The number of aryl methyl sites for hydroxylation is 2. The monoisotopic (exact) mass is 271 g/mol. The molecule has 0 radical (unpaired) electrons. The van der Waals surface area contributed by atoms with Gasteiger partial charge in [0.25, 0.3) is 5.91 Å². The van der Waals surface area contributed by atoms with Crippen molar-refractivity contribution in [2.75, 3.05) is 6.54 Å². The highest BCUT2D eigenvalue weighted by atomic mass is 16.1. The molecule has 3 heterocycles. The molecule has 0 saturated carbocycles. The van der Waals surface area contributed by atoms with E-state index in [1.54, 1.807) is 6.20 Å². The number of hydrogen-bond acceptors (Lipinski definition) is 4. The summed E-state index contributed by atoms with van der Waals surface area (Å²) in [6.07, 6.45) is 8.92. The Balaban J connectivity index is 1.55. The summed E-state index contributed by atoms with van der Waals surface area (Å²) in [4.78, 5) is 24.4. The summed E-state index contributed by atoms with van der Waals surface area (Å²) in [5.41, 5.74) is 1.17. The van der Waals surface area contributed by atoms with Crippen LogP contribution in [0.2, 0.25) is 0 Å². The lowest BCUT2D eigenvalue weighted by atomic mass is 9.98. The number of fused-ring (bicyclic) bond motifs is 1. The fourth-order valence-electron chi connectivity index (χ4n) is 2.43. The minimum atomic E-state index is -0.161. The van der Waals surface area contributed by atoms with Crippen LogP contribution in [0.4, 0.5) is 0 Å². The molecule has 6 nitrogen and oxygen atoms in total. The summed E-state index contributed by atoms with van der Waals surface area (Å²) in [6.45, 7) is 3.47.